The van der Waals surface area contributed by atoms with Crippen LogP contribution in [-0.2, 0) is 0 Å². The second kappa shape index (κ2) is 3.13. The summed E-state index contributed by atoms with van der Waals surface area (Å²) in [7, 11) is 0. The molecule has 1 aliphatic heterocycles. The molecule has 1 heterocycles. The van der Waals surface area contributed by atoms with Crippen LogP contribution >= 0.6 is 0 Å². The molecule has 0 aromatic heterocycles. The number of halogens is 3. The highest BCUT2D eigenvalue weighted by molar-refractivity contribution is 5.34. The third kappa shape index (κ3) is 2.25. The maximum Gasteiger partial charge on any atom is 0.416 e. The fourth-order valence-corrected chi connectivity index (χ4v) is 1.04. The van der Waals surface area contributed by atoms with E-state index in [4.69, 9.17) is 5.26 Å². The van der Waals surface area contributed by atoms with Crippen LogP contribution in [-0.4, -0.2) is 12.2 Å². The van der Waals surface area contributed by atoms with Crippen LogP contribution in [0.25, 0.3) is 0 Å². The molecule has 2 nitrogen and oxygen atoms in total. The van der Waals surface area contributed by atoms with Gasteiger partial charge in [0, 0.05) is 5.70 Å². The van der Waals surface area contributed by atoms with Gasteiger partial charge in [-0.25, -0.2) is 0 Å². The third-order valence-corrected chi connectivity index (χ3v) is 1.57. The van der Waals surface area contributed by atoms with Crippen LogP contribution in [0, 0.1) is 11.3 Å². The fourth-order valence-electron chi connectivity index (χ4n) is 1.04. The molecule has 0 radical (unpaired) electrons. The molecule has 5 heteroatoms. The zero-order chi connectivity index (χ0) is 10.1. The number of hydrogen-bond acceptors (Lipinski definition) is 2. The Labute approximate surface area is 73.3 Å². The molecule has 1 rings (SSSR count). The molecule has 0 fully saturated rings. The summed E-state index contributed by atoms with van der Waals surface area (Å²) in [6.45, 7) is 1.49. The molecule has 1 aliphatic rings. The van der Waals surface area contributed by atoms with E-state index >= 15 is 0 Å². The summed E-state index contributed by atoms with van der Waals surface area (Å²) >= 11 is 0. The Kier molecular flexibility index (Phi) is 2.32. The second-order valence-electron chi connectivity index (χ2n) is 2.70. The second-order valence-corrected chi connectivity index (χ2v) is 2.70. The van der Waals surface area contributed by atoms with Crippen LogP contribution in [0.3, 0.4) is 0 Å². The lowest BCUT2D eigenvalue weighted by atomic mass is 10.1. The molecule has 0 bridgehead atoms. The van der Waals surface area contributed by atoms with Crippen LogP contribution in [0.15, 0.2) is 23.4 Å². The maximum absolute atomic E-state index is 12.2. The normalized spacial score (nSPS) is 22.5. The predicted octanol–water partition coefficient (Wildman–Crippen LogP) is 1.87. The summed E-state index contributed by atoms with van der Waals surface area (Å²) in [6, 6.07) is 0.821. The average Bonchev–Trinajstić information content (AvgIpc) is 2.01. The number of allylic oxidation sites excluding steroid dienone is 3. The van der Waals surface area contributed by atoms with Crippen LogP contribution in [0.1, 0.15) is 6.92 Å². The number of dihydropyridines is 1. The van der Waals surface area contributed by atoms with Crippen molar-refractivity contribution < 1.29 is 13.2 Å². The summed E-state index contributed by atoms with van der Waals surface area (Å²) in [5.41, 5.74) is -0.420. The van der Waals surface area contributed by atoms with Gasteiger partial charge < -0.3 is 5.32 Å². The molecule has 1 atom stereocenters. The molecule has 0 saturated carbocycles. The number of alkyl halides is 3. The van der Waals surface area contributed by atoms with Crippen molar-refractivity contribution in [2.24, 2.45) is 0 Å². The number of nitriles is 1. The molecule has 0 aromatic carbocycles. The van der Waals surface area contributed by atoms with Crippen molar-refractivity contribution in [3.63, 3.8) is 0 Å². The topological polar surface area (TPSA) is 35.8 Å². The van der Waals surface area contributed by atoms with Crippen LogP contribution in [0.4, 0.5) is 13.2 Å². The Balaban J connectivity index is 2.98. The summed E-state index contributed by atoms with van der Waals surface area (Å²) in [4.78, 5) is 0. The minimum Gasteiger partial charge on any atom is -0.370 e. The van der Waals surface area contributed by atoms with Crippen molar-refractivity contribution in [3.05, 3.63) is 23.4 Å². The zero-order valence-corrected chi connectivity index (χ0v) is 6.81. The van der Waals surface area contributed by atoms with E-state index in [9.17, 15) is 13.2 Å². The average molecular weight is 188 g/mol. The highest BCUT2D eigenvalue weighted by atomic mass is 19.4. The highest BCUT2D eigenvalue weighted by Gasteiger charge is 2.34. The van der Waals surface area contributed by atoms with Crippen molar-refractivity contribution in [3.8, 4) is 6.07 Å². The van der Waals surface area contributed by atoms with Crippen molar-refractivity contribution in [1.82, 2.24) is 5.32 Å². The molecule has 0 aromatic rings. The van der Waals surface area contributed by atoms with E-state index in [2.05, 4.69) is 5.32 Å². The molecule has 1 N–H and O–H groups in total. The van der Waals surface area contributed by atoms with Crippen LogP contribution in [0.2, 0.25) is 0 Å². The van der Waals surface area contributed by atoms with Gasteiger partial charge in [0.1, 0.15) is 6.04 Å². The summed E-state index contributed by atoms with van der Waals surface area (Å²) in [5, 5.41) is 11.0. The number of nitrogens with one attached hydrogen (secondary N) is 1. The Morgan fingerprint density at radius 1 is 1.54 bits per heavy atom. The first-order valence-corrected chi connectivity index (χ1v) is 3.57. The van der Waals surface area contributed by atoms with Gasteiger partial charge >= 0.3 is 6.18 Å². The van der Waals surface area contributed by atoms with Crippen molar-refractivity contribution in [1.29, 1.82) is 5.26 Å². The molecule has 0 amide bonds. The van der Waals surface area contributed by atoms with Gasteiger partial charge in [0.2, 0.25) is 0 Å². The van der Waals surface area contributed by atoms with Gasteiger partial charge in [0.05, 0.1) is 11.6 Å². The Bertz CT molecular complexity index is 306. The van der Waals surface area contributed by atoms with Gasteiger partial charge in [-0.2, -0.15) is 18.4 Å². The van der Waals surface area contributed by atoms with E-state index in [0.29, 0.717) is 5.70 Å². The SMILES string of the molecule is CC1=CC(C(F)(F)F)=CC(C#N)N1. The number of hydrogen-bond donors (Lipinski definition) is 1. The minimum atomic E-state index is -4.38. The van der Waals surface area contributed by atoms with E-state index in [0.717, 1.165) is 12.2 Å². The summed E-state index contributed by atoms with van der Waals surface area (Å²) in [6.07, 6.45) is -2.53. The maximum atomic E-state index is 12.2. The Morgan fingerprint density at radius 3 is 2.62 bits per heavy atom. The van der Waals surface area contributed by atoms with Gasteiger partial charge in [0.25, 0.3) is 0 Å². The van der Waals surface area contributed by atoms with E-state index in [-0.39, 0.29) is 0 Å². The largest absolute Gasteiger partial charge is 0.416 e. The van der Waals surface area contributed by atoms with Crippen molar-refractivity contribution in [2.45, 2.75) is 19.1 Å². The first kappa shape index (κ1) is 9.65. The quantitative estimate of drug-likeness (QED) is 0.629. The van der Waals surface area contributed by atoms with Gasteiger partial charge in [0.15, 0.2) is 0 Å². The lowest BCUT2D eigenvalue weighted by molar-refractivity contribution is -0.0888. The molecule has 0 aliphatic carbocycles. The fraction of sp³-hybridized carbons (Fsp3) is 0.375. The van der Waals surface area contributed by atoms with Crippen LogP contribution < -0.4 is 5.32 Å². The van der Waals surface area contributed by atoms with E-state index in [1.165, 1.54) is 6.92 Å². The lowest BCUT2D eigenvalue weighted by Gasteiger charge is -2.18. The van der Waals surface area contributed by atoms with E-state index in [1.54, 1.807) is 6.07 Å². The molecule has 1 unspecified atom stereocenters. The third-order valence-electron chi connectivity index (χ3n) is 1.57. The van der Waals surface area contributed by atoms with E-state index < -0.39 is 17.8 Å². The lowest BCUT2D eigenvalue weighted by Crippen LogP contribution is -2.29. The summed E-state index contributed by atoms with van der Waals surface area (Å²) < 4.78 is 36.5. The number of rotatable bonds is 0. The van der Waals surface area contributed by atoms with Gasteiger partial charge in [-0.05, 0) is 19.1 Å². The van der Waals surface area contributed by atoms with Gasteiger partial charge in [-0.15, -0.1) is 0 Å². The first-order chi connectivity index (χ1) is 5.93. The number of nitrogens with zero attached hydrogens (tertiary/aromatic N) is 1. The molecule has 70 valence electrons. The molecule has 0 saturated heterocycles. The summed E-state index contributed by atoms with van der Waals surface area (Å²) in [5.74, 6) is 0. The zero-order valence-electron chi connectivity index (χ0n) is 6.81. The van der Waals surface area contributed by atoms with Crippen molar-refractivity contribution in [2.75, 3.05) is 0 Å². The predicted molar refractivity (Wildman–Crippen MR) is 40.4 cm³/mol. The smallest absolute Gasteiger partial charge is 0.370 e. The van der Waals surface area contributed by atoms with Crippen molar-refractivity contribution >= 4 is 0 Å². The highest BCUT2D eigenvalue weighted by Crippen LogP contribution is 2.29. The Hall–Kier alpha value is -1.44. The molecular formula is C8H7F3N2. The molecular weight excluding hydrogens is 181 g/mol. The van der Waals surface area contributed by atoms with E-state index in [1.807, 2.05) is 0 Å². The Morgan fingerprint density at radius 2 is 2.15 bits per heavy atom. The standard InChI is InChI=1S/C8H7F3N2/c1-5-2-6(8(9,10)11)3-7(4-12)13-5/h2-3,7,13H,1H3. The first-order valence-electron chi connectivity index (χ1n) is 3.57. The molecule has 0 spiro atoms. The monoisotopic (exact) mass is 188 g/mol. The minimum absolute atomic E-state index is 0.348. The van der Waals surface area contributed by atoms with Gasteiger partial charge in [-0.3, -0.25) is 0 Å². The van der Waals surface area contributed by atoms with Crippen LogP contribution in [0.5, 0.6) is 0 Å². The van der Waals surface area contributed by atoms with Gasteiger partial charge in [-0.1, -0.05) is 0 Å². The molecule has 13 heavy (non-hydrogen) atoms.